The molecule has 118 valence electrons. The van der Waals surface area contributed by atoms with Gasteiger partial charge >= 0.3 is 6.18 Å². The van der Waals surface area contributed by atoms with Gasteiger partial charge in [0, 0.05) is 29.9 Å². The van der Waals surface area contributed by atoms with Crippen molar-refractivity contribution in [1.29, 1.82) is 0 Å². The van der Waals surface area contributed by atoms with E-state index < -0.39 is 12.7 Å². The number of pyridine rings is 1. The van der Waals surface area contributed by atoms with Crippen LogP contribution in [0.5, 0.6) is 0 Å². The summed E-state index contributed by atoms with van der Waals surface area (Å²) in [5, 5.41) is 3.31. The van der Waals surface area contributed by atoms with Gasteiger partial charge in [-0.25, -0.2) is 4.98 Å². The number of halogens is 3. The Hall–Kier alpha value is -1.30. The summed E-state index contributed by atoms with van der Waals surface area (Å²) >= 11 is 0. The van der Waals surface area contributed by atoms with Crippen molar-refractivity contribution in [3.05, 3.63) is 23.9 Å². The Morgan fingerprint density at radius 2 is 1.95 bits per heavy atom. The fraction of sp³-hybridized carbons (Fsp3) is 0.667. The fourth-order valence-electron chi connectivity index (χ4n) is 2.14. The average Bonchev–Trinajstić information content (AvgIpc) is 3.16. The van der Waals surface area contributed by atoms with Gasteiger partial charge in [0.05, 0.1) is 0 Å². The molecule has 1 N–H and O–H groups in total. The molecular weight excluding hydrogens is 279 g/mol. The smallest absolute Gasteiger partial charge is 0.344 e. The number of aromatic nitrogens is 1. The van der Waals surface area contributed by atoms with Crippen molar-refractivity contribution >= 4 is 5.82 Å². The van der Waals surface area contributed by atoms with E-state index in [9.17, 15) is 13.2 Å². The number of nitrogens with zero attached hydrogens (tertiary/aromatic N) is 2. The lowest BCUT2D eigenvalue weighted by atomic mass is 10.1. The van der Waals surface area contributed by atoms with Crippen molar-refractivity contribution in [2.75, 3.05) is 11.4 Å². The van der Waals surface area contributed by atoms with Crippen LogP contribution in [0.4, 0.5) is 19.0 Å². The van der Waals surface area contributed by atoms with Gasteiger partial charge in [0.2, 0.25) is 0 Å². The first-order valence-electron chi connectivity index (χ1n) is 7.18. The van der Waals surface area contributed by atoms with Gasteiger partial charge in [0.15, 0.2) is 0 Å². The van der Waals surface area contributed by atoms with E-state index in [4.69, 9.17) is 0 Å². The zero-order valence-electron chi connectivity index (χ0n) is 12.7. The number of alkyl halides is 3. The Morgan fingerprint density at radius 3 is 2.48 bits per heavy atom. The zero-order chi connectivity index (χ0) is 15.7. The summed E-state index contributed by atoms with van der Waals surface area (Å²) in [6, 6.07) is 3.57. The van der Waals surface area contributed by atoms with E-state index in [1.54, 1.807) is 12.3 Å². The molecular formula is C15H22F3N3. The van der Waals surface area contributed by atoms with E-state index in [2.05, 4.69) is 10.3 Å². The molecule has 0 bridgehead atoms. The van der Waals surface area contributed by atoms with Gasteiger partial charge in [0.25, 0.3) is 0 Å². The summed E-state index contributed by atoms with van der Waals surface area (Å²) in [5.41, 5.74) is 0.713. The molecule has 6 heteroatoms. The van der Waals surface area contributed by atoms with Crippen LogP contribution in [0.25, 0.3) is 0 Å². The van der Waals surface area contributed by atoms with E-state index >= 15 is 0 Å². The Kier molecular flexibility index (Phi) is 4.46. The highest BCUT2D eigenvalue weighted by Gasteiger charge is 2.39. The minimum atomic E-state index is -4.21. The summed E-state index contributed by atoms with van der Waals surface area (Å²) in [7, 11) is 0. The van der Waals surface area contributed by atoms with Gasteiger partial charge in [-0.05, 0) is 39.7 Å². The maximum Gasteiger partial charge on any atom is 0.405 e. The van der Waals surface area contributed by atoms with Gasteiger partial charge in [-0.15, -0.1) is 0 Å². The van der Waals surface area contributed by atoms with E-state index in [1.807, 2.05) is 26.8 Å². The van der Waals surface area contributed by atoms with Crippen molar-refractivity contribution in [3.63, 3.8) is 0 Å². The molecule has 1 fully saturated rings. The molecule has 0 atom stereocenters. The third-order valence-electron chi connectivity index (χ3n) is 3.29. The van der Waals surface area contributed by atoms with Crippen LogP contribution in [0, 0.1) is 0 Å². The van der Waals surface area contributed by atoms with Crippen molar-refractivity contribution in [1.82, 2.24) is 10.3 Å². The molecule has 0 amide bonds. The minimum absolute atomic E-state index is 0.0325. The van der Waals surface area contributed by atoms with Crippen molar-refractivity contribution in [2.45, 2.75) is 57.9 Å². The maximum absolute atomic E-state index is 12.8. The summed E-state index contributed by atoms with van der Waals surface area (Å²) in [6.45, 7) is 5.65. The van der Waals surface area contributed by atoms with E-state index in [1.165, 1.54) is 4.90 Å². The Bertz CT molecular complexity index is 476. The third-order valence-corrected chi connectivity index (χ3v) is 3.29. The molecule has 3 nitrogen and oxygen atoms in total. The van der Waals surface area contributed by atoms with E-state index in [0.29, 0.717) is 12.4 Å². The van der Waals surface area contributed by atoms with Gasteiger partial charge in [-0.2, -0.15) is 13.2 Å². The van der Waals surface area contributed by atoms with Crippen molar-refractivity contribution in [3.8, 4) is 0 Å². The predicted molar refractivity (Wildman–Crippen MR) is 77.3 cm³/mol. The second-order valence-corrected chi connectivity index (χ2v) is 6.56. The van der Waals surface area contributed by atoms with Crippen LogP contribution in [-0.4, -0.2) is 29.3 Å². The quantitative estimate of drug-likeness (QED) is 0.902. The fourth-order valence-corrected chi connectivity index (χ4v) is 2.14. The highest BCUT2D eigenvalue weighted by molar-refractivity contribution is 5.49. The van der Waals surface area contributed by atoms with Crippen LogP contribution < -0.4 is 10.2 Å². The molecule has 0 aromatic carbocycles. The highest BCUT2D eigenvalue weighted by atomic mass is 19.4. The number of anilines is 1. The molecule has 0 radical (unpaired) electrons. The second kappa shape index (κ2) is 5.83. The van der Waals surface area contributed by atoms with Gasteiger partial charge in [-0.1, -0.05) is 6.07 Å². The molecule has 1 aromatic rings. The minimum Gasteiger partial charge on any atom is -0.344 e. The molecule has 1 heterocycles. The molecule has 1 aromatic heterocycles. The zero-order valence-corrected chi connectivity index (χ0v) is 12.7. The van der Waals surface area contributed by atoms with Crippen LogP contribution in [0.3, 0.4) is 0 Å². The number of hydrogen-bond donors (Lipinski definition) is 1. The molecule has 0 saturated heterocycles. The topological polar surface area (TPSA) is 28.2 Å². The first-order chi connectivity index (χ1) is 9.66. The molecule has 1 aliphatic carbocycles. The first kappa shape index (κ1) is 16.1. The predicted octanol–water partition coefficient (Wildman–Crippen LogP) is 3.50. The summed E-state index contributed by atoms with van der Waals surface area (Å²) in [6.07, 6.45) is -1.05. The molecule has 0 aliphatic heterocycles. The normalized spacial score (nSPS) is 16.1. The largest absolute Gasteiger partial charge is 0.405 e. The molecule has 1 aliphatic rings. The molecule has 1 saturated carbocycles. The summed E-state index contributed by atoms with van der Waals surface area (Å²) < 4.78 is 38.4. The second-order valence-electron chi connectivity index (χ2n) is 6.56. The SMILES string of the molecule is CC(C)(C)NCc1cccnc1N(CC(F)(F)F)C1CC1. The average molecular weight is 301 g/mol. The monoisotopic (exact) mass is 301 g/mol. The summed E-state index contributed by atoms with van der Waals surface area (Å²) in [5.74, 6) is 0.453. The molecule has 2 rings (SSSR count). The van der Waals surface area contributed by atoms with Crippen LogP contribution in [0.1, 0.15) is 39.2 Å². The maximum atomic E-state index is 12.8. The molecule has 0 unspecified atom stereocenters. The summed E-state index contributed by atoms with van der Waals surface area (Å²) in [4.78, 5) is 5.61. The third kappa shape index (κ3) is 5.19. The highest BCUT2D eigenvalue weighted by Crippen LogP contribution is 2.34. The van der Waals surface area contributed by atoms with Crippen LogP contribution in [-0.2, 0) is 6.54 Å². The first-order valence-corrected chi connectivity index (χ1v) is 7.18. The Balaban J connectivity index is 2.20. The van der Waals surface area contributed by atoms with Crippen molar-refractivity contribution in [2.24, 2.45) is 0 Å². The van der Waals surface area contributed by atoms with E-state index in [-0.39, 0.29) is 11.6 Å². The van der Waals surface area contributed by atoms with Gasteiger partial charge in [-0.3, -0.25) is 0 Å². The number of rotatable bonds is 5. The molecule has 21 heavy (non-hydrogen) atoms. The lowest BCUT2D eigenvalue weighted by molar-refractivity contribution is -0.120. The number of nitrogens with one attached hydrogen (secondary N) is 1. The standard InChI is InChI=1S/C15H22F3N3/c1-14(2,3)20-9-11-5-4-8-19-13(11)21(12-6-7-12)10-15(16,17)18/h4-5,8,12,20H,6-7,9-10H2,1-3H3. The van der Waals surface area contributed by atoms with Crippen LogP contribution in [0.15, 0.2) is 18.3 Å². The van der Waals surface area contributed by atoms with E-state index in [0.717, 1.165) is 18.4 Å². The number of hydrogen-bond acceptors (Lipinski definition) is 3. The lowest BCUT2D eigenvalue weighted by Crippen LogP contribution is -2.39. The van der Waals surface area contributed by atoms with Gasteiger partial charge < -0.3 is 10.2 Å². The Labute approximate surface area is 123 Å². The van der Waals surface area contributed by atoms with Crippen molar-refractivity contribution < 1.29 is 13.2 Å². The molecule has 0 spiro atoms. The van der Waals surface area contributed by atoms with Gasteiger partial charge in [0.1, 0.15) is 12.4 Å². The van der Waals surface area contributed by atoms with Crippen LogP contribution >= 0.6 is 0 Å². The van der Waals surface area contributed by atoms with Crippen LogP contribution in [0.2, 0.25) is 0 Å². The lowest BCUT2D eigenvalue weighted by Gasteiger charge is -2.28. The Morgan fingerprint density at radius 1 is 1.29 bits per heavy atom.